The maximum atomic E-state index is 5.92. The topological polar surface area (TPSA) is 59.6 Å². The van der Waals surface area contributed by atoms with Gasteiger partial charge in [-0.25, -0.2) is 0 Å². The second kappa shape index (κ2) is 5.73. The summed E-state index contributed by atoms with van der Waals surface area (Å²) in [5.74, 6) is 1.79. The average molecular weight is 273 g/mol. The van der Waals surface area contributed by atoms with Crippen LogP contribution < -0.4 is 15.8 Å². The van der Waals surface area contributed by atoms with Gasteiger partial charge in [0.05, 0.1) is 11.7 Å². The zero-order valence-electron chi connectivity index (χ0n) is 12.1. The average Bonchev–Trinajstić information content (AvgIpc) is 2.69. The number of ether oxygens (including phenoxy) is 1. The summed E-state index contributed by atoms with van der Waals surface area (Å²) in [4.78, 5) is 4.90. The lowest BCUT2D eigenvalue weighted by molar-refractivity contribution is 0.281. The molecule has 108 valence electrons. The van der Waals surface area contributed by atoms with Gasteiger partial charge in [-0.2, -0.15) is 0 Å². The quantitative estimate of drug-likeness (QED) is 0.607. The van der Waals surface area contributed by atoms with Crippen molar-refractivity contribution in [2.24, 2.45) is 4.99 Å². The highest BCUT2D eigenvalue weighted by atomic mass is 16.5. The highest BCUT2D eigenvalue weighted by Gasteiger charge is 2.23. The van der Waals surface area contributed by atoms with Gasteiger partial charge in [0, 0.05) is 5.69 Å². The normalized spacial score (nSPS) is 25.4. The van der Waals surface area contributed by atoms with Crippen LogP contribution in [0, 0.1) is 0 Å². The molecule has 0 spiro atoms. The fourth-order valence-corrected chi connectivity index (χ4v) is 2.95. The van der Waals surface area contributed by atoms with E-state index in [0.717, 1.165) is 23.0 Å². The van der Waals surface area contributed by atoms with Gasteiger partial charge in [0.15, 0.2) is 6.10 Å². The van der Waals surface area contributed by atoms with Crippen LogP contribution in [0.3, 0.4) is 0 Å². The highest BCUT2D eigenvalue weighted by Crippen LogP contribution is 2.32. The van der Waals surface area contributed by atoms with Crippen LogP contribution in [0.5, 0.6) is 5.75 Å². The Balaban J connectivity index is 1.80. The summed E-state index contributed by atoms with van der Waals surface area (Å²) in [6.45, 7) is 2.04. The molecule has 20 heavy (non-hydrogen) atoms. The Labute approximate surface area is 120 Å². The molecule has 2 aliphatic rings. The molecule has 1 aliphatic carbocycles. The molecule has 0 aromatic heterocycles. The smallest absolute Gasteiger partial charge is 0.153 e. The number of aliphatic imine (C=N–C) groups is 1. The lowest BCUT2D eigenvalue weighted by atomic mass is 10.1. The summed E-state index contributed by atoms with van der Waals surface area (Å²) in [7, 11) is 0. The SMILES string of the molecule is CC1Oc2ccc(N)cc2NC1=NC1CCCCCC1. The predicted octanol–water partition coefficient (Wildman–Crippen LogP) is 3.58. The molecular weight excluding hydrogens is 250 g/mol. The third kappa shape index (κ3) is 2.89. The van der Waals surface area contributed by atoms with Crippen molar-refractivity contribution in [2.45, 2.75) is 57.6 Å². The first kappa shape index (κ1) is 13.3. The van der Waals surface area contributed by atoms with Gasteiger partial charge in [0.1, 0.15) is 11.6 Å². The number of nitrogens with two attached hydrogens (primary N) is 1. The standard InChI is InChI=1S/C16H23N3O/c1-11-16(18-13-6-4-2-3-5-7-13)19-14-10-12(17)8-9-15(14)20-11/h8-11,13H,2-7,17H2,1H3,(H,18,19). The minimum atomic E-state index is -0.0191. The molecule has 1 atom stereocenters. The van der Waals surface area contributed by atoms with Crippen molar-refractivity contribution in [1.29, 1.82) is 0 Å². The van der Waals surface area contributed by atoms with Crippen molar-refractivity contribution in [3.8, 4) is 5.75 Å². The second-order valence-electron chi connectivity index (χ2n) is 5.80. The Morgan fingerprint density at radius 3 is 2.70 bits per heavy atom. The van der Waals surface area contributed by atoms with Gasteiger partial charge >= 0.3 is 0 Å². The van der Waals surface area contributed by atoms with Gasteiger partial charge in [-0.05, 0) is 38.0 Å². The number of fused-ring (bicyclic) bond motifs is 1. The second-order valence-corrected chi connectivity index (χ2v) is 5.80. The number of benzene rings is 1. The number of hydrogen-bond acceptors (Lipinski definition) is 3. The predicted molar refractivity (Wildman–Crippen MR) is 83.5 cm³/mol. The van der Waals surface area contributed by atoms with Crippen LogP contribution in [-0.2, 0) is 0 Å². The first-order valence-electron chi connectivity index (χ1n) is 7.63. The van der Waals surface area contributed by atoms with Crippen LogP contribution in [-0.4, -0.2) is 18.0 Å². The minimum Gasteiger partial charge on any atom is -0.481 e. The number of anilines is 2. The van der Waals surface area contributed by atoms with E-state index in [9.17, 15) is 0 Å². The molecule has 1 fully saturated rings. The molecule has 0 radical (unpaired) electrons. The van der Waals surface area contributed by atoms with E-state index >= 15 is 0 Å². The summed E-state index contributed by atoms with van der Waals surface area (Å²) >= 11 is 0. The van der Waals surface area contributed by atoms with Gasteiger partial charge in [0.25, 0.3) is 0 Å². The first-order chi connectivity index (χ1) is 9.72. The molecule has 1 saturated carbocycles. The van der Waals surface area contributed by atoms with E-state index in [4.69, 9.17) is 15.5 Å². The molecule has 1 aromatic rings. The Morgan fingerprint density at radius 1 is 1.20 bits per heavy atom. The molecule has 1 heterocycles. The number of nitrogens with zero attached hydrogens (tertiary/aromatic N) is 1. The summed E-state index contributed by atoms with van der Waals surface area (Å²) in [5.41, 5.74) is 7.50. The maximum absolute atomic E-state index is 5.92. The van der Waals surface area contributed by atoms with Gasteiger partial charge in [-0.1, -0.05) is 25.7 Å². The van der Waals surface area contributed by atoms with Gasteiger partial charge in [-0.15, -0.1) is 0 Å². The van der Waals surface area contributed by atoms with Crippen LogP contribution in [0.25, 0.3) is 0 Å². The Bertz CT molecular complexity index is 504. The summed E-state index contributed by atoms with van der Waals surface area (Å²) in [6.07, 6.45) is 7.65. The third-order valence-corrected chi connectivity index (χ3v) is 4.10. The fraction of sp³-hybridized carbons (Fsp3) is 0.562. The molecule has 3 rings (SSSR count). The van der Waals surface area contributed by atoms with E-state index in [1.165, 1.54) is 38.5 Å². The zero-order valence-corrected chi connectivity index (χ0v) is 12.1. The van der Waals surface area contributed by atoms with Crippen molar-refractivity contribution in [2.75, 3.05) is 11.1 Å². The summed E-state index contributed by atoms with van der Waals surface area (Å²) in [5, 5.41) is 3.40. The first-order valence-corrected chi connectivity index (χ1v) is 7.63. The number of nitrogen functional groups attached to an aromatic ring is 1. The van der Waals surface area contributed by atoms with Crippen LogP contribution in [0.15, 0.2) is 23.2 Å². The van der Waals surface area contributed by atoms with E-state index in [2.05, 4.69) is 5.32 Å². The Hall–Kier alpha value is -1.71. The fourth-order valence-electron chi connectivity index (χ4n) is 2.95. The molecular formula is C16H23N3O. The van der Waals surface area contributed by atoms with Crippen LogP contribution >= 0.6 is 0 Å². The van der Waals surface area contributed by atoms with Gasteiger partial charge < -0.3 is 15.8 Å². The molecule has 1 unspecified atom stereocenters. The van der Waals surface area contributed by atoms with E-state index in [1.54, 1.807) is 0 Å². The van der Waals surface area contributed by atoms with Gasteiger partial charge in [0.2, 0.25) is 0 Å². The van der Waals surface area contributed by atoms with Gasteiger partial charge in [-0.3, -0.25) is 4.99 Å². The van der Waals surface area contributed by atoms with Crippen molar-refractivity contribution in [1.82, 2.24) is 0 Å². The van der Waals surface area contributed by atoms with Crippen molar-refractivity contribution in [3.05, 3.63) is 18.2 Å². The molecule has 0 amide bonds. The number of nitrogens with one attached hydrogen (secondary N) is 1. The zero-order chi connectivity index (χ0) is 13.9. The molecule has 0 bridgehead atoms. The van der Waals surface area contributed by atoms with E-state index in [0.29, 0.717) is 6.04 Å². The lowest BCUT2D eigenvalue weighted by Crippen LogP contribution is -2.36. The summed E-state index contributed by atoms with van der Waals surface area (Å²) < 4.78 is 5.92. The van der Waals surface area contributed by atoms with E-state index < -0.39 is 0 Å². The van der Waals surface area contributed by atoms with Crippen molar-refractivity contribution >= 4 is 17.2 Å². The van der Waals surface area contributed by atoms with Crippen molar-refractivity contribution in [3.63, 3.8) is 0 Å². The van der Waals surface area contributed by atoms with E-state index in [1.807, 2.05) is 25.1 Å². The Morgan fingerprint density at radius 2 is 1.95 bits per heavy atom. The lowest BCUT2D eigenvalue weighted by Gasteiger charge is -2.27. The highest BCUT2D eigenvalue weighted by molar-refractivity contribution is 6.02. The van der Waals surface area contributed by atoms with Crippen molar-refractivity contribution < 1.29 is 4.74 Å². The number of hydrogen-bond donors (Lipinski definition) is 2. The number of amidine groups is 1. The summed E-state index contributed by atoms with van der Waals surface area (Å²) in [6, 6.07) is 6.12. The van der Waals surface area contributed by atoms with Crippen LogP contribution in [0.4, 0.5) is 11.4 Å². The molecule has 1 aliphatic heterocycles. The largest absolute Gasteiger partial charge is 0.481 e. The monoisotopic (exact) mass is 273 g/mol. The molecule has 3 N–H and O–H groups in total. The third-order valence-electron chi connectivity index (χ3n) is 4.10. The van der Waals surface area contributed by atoms with Crippen LogP contribution in [0.2, 0.25) is 0 Å². The minimum absolute atomic E-state index is 0.0191. The van der Waals surface area contributed by atoms with Crippen LogP contribution in [0.1, 0.15) is 45.4 Å². The molecule has 4 nitrogen and oxygen atoms in total. The number of rotatable bonds is 1. The molecule has 0 saturated heterocycles. The maximum Gasteiger partial charge on any atom is 0.153 e. The van der Waals surface area contributed by atoms with E-state index in [-0.39, 0.29) is 6.10 Å². The molecule has 4 heteroatoms. The molecule has 1 aromatic carbocycles. The Kier molecular flexibility index (Phi) is 3.81.